The fourth-order valence-corrected chi connectivity index (χ4v) is 3.61. The normalized spacial score (nSPS) is 17.9. The molecule has 5 N–H and O–H groups in total. The Morgan fingerprint density at radius 1 is 1.03 bits per heavy atom. The molecule has 7 heteroatoms. The highest BCUT2D eigenvalue weighted by Crippen LogP contribution is 2.26. The molecule has 1 aliphatic carbocycles. The lowest BCUT2D eigenvalue weighted by Gasteiger charge is -2.15. The largest absolute Gasteiger partial charge is 0.352 e. The van der Waals surface area contributed by atoms with Crippen molar-refractivity contribution < 1.29 is 9.59 Å². The zero-order chi connectivity index (χ0) is 19.9. The van der Waals surface area contributed by atoms with Gasteiger partial charge in [-0.3, -0.25) is 4.79 Å². The molecule has 156 valence electrons. The van der Waals surface area contributed by atoms with Crippen LogP contribution in [0.15, 0.2) is 48.5 Å². The first kappa shape index (κ1) is 22.7. The van der Waals surface area contributed by atoms with E-state index >= 15 is 0 Å². The minimum atomic E-state index is -0.304. The van der Waals surface area contributed by atoms with Crippen LogP contribution in [-0.4, -0.2) is 18.0 Å². The second-order valence-corrected chi connectivity index (χ2v) is 7.48. The topological polar surface area (TPSA) is 96.2 Å². The number of aryl methyl sites for hydroxylation is 1. The number of hydrogen-bond acceptors (Lipinski definition) is 3. The molecule has 0 bridgehead atoms. The number of halogens is 1. The maximum Gasteiger partial charge on any atom is 0.323 e. The van der Waals surface area contributed by atoms with Crippen molar-refractivity contribution in [3.8, 4) is 0 Å². The van der Waals surface area contributed by atoms with Crippen molar-refractivity contribution in [2.24, 2.45) is 11.7 Å². The molecule has 6 nitrogen and oxygen atoms in total. The molecule has 0 heterocycles. The van der Waals surface area contributed by atoms with Crippen molar-refractivity contribution in [1.29, 1.82) is 0 Å². The highest BCUT2D eigenvalue weighted by atomic mass is 35.5. The molecule has 1 saturated carbocycles. The molecule has 1 fully saturated rings. The summed E-state index contributed by atoms with van der Waals surface area (Å²) in [7, 11) is 0. The van der Waals surface area contributed by atoms with E-state index in [1.165, 1.54) is 0 Å². The van der Waals surface area contributed by atoms with Gasteiger partial charge in [0, 0.05) is 30.4 Å². The van der Waals surface area contributed by atoms with Crippen LogP contribution in [0.1, 0.15) is 36.8 Å². The summed E-state index contributed by atoms with van der Waals surface area (Å²) >= 11 is 0. The Morgan fingerprint density at radius 3 is 2.38 bits per heavy atom. The zero-order valence-electron chi connectivity index (χ0n) is 16.6. The van der Waals surface area contributed by atoms with Gasteiger partial charge in [0.15, 0.2) is 0 Å². The van der Waals surface area contributed by atoms with Crippen molar-refractivity contribution in [3.05, 3.63) is 59.7 Å². The Labute approximate surface area is 178 Å². The molecule has 0 aliphatic heterocycles. The monoisotopic (exact) mass is 416 g/mol. The highest BCUT2D eigenvalue weighted by Gasteiger charge is 2.25. The van der Waals surface area contributed by atoms with E-state index in [2.05, 4.69) is 16.0 Å². The van der Waals surface area contributed by atoms with Gasteiger partial charge in [-0.05, 0) is 61.1 Å². The zero-order valence-corrected chi connectivity index (χ0v) is 17.4. The molecule has 0 spiro atoms. The van der Waals surface area contributed by atoms with E-state index in [0.29, 0.717) is 24.6 Å². The van der Waals surface area contributed by atoms with Crippen LogP contribution in [0.4, 0.5) is 16.2 Å². The first-order chi connectivity index (χ1) is 13.5. The molecule has 1 aliphatic rings. The predicted molar refractivity (Wildman–Crippen MR) is 119 cm³/mol. The van der Waals surface area contributed by atoms with Gasteiger partial charge in [0.25, 0.3) is 0 Å². The van der Waals surface area contributed by atoms with Gasteiger partial charge < -0.3 is 21.7 Å². The average molecular weight is 417 g/mol. The lowest BCUT2D eigenvalue weighted by molar-refractivity contribution is -0.122. The van der Waals surface area contributed by atoms with Gasteiger partial charge in [0.2, 0.25) is 5.91 Å². The summed E-state index contributed by atoms with van der Waals surface area (Å²) in [5.74, 6) is 0.316. The van der Waals surface area contributed by atoms with Gasteiger partial charge in [0.1, 0.15) is 0 Å². The second kappa shape index (κ2) is 10.8. The van der Waals surface area contributed by atoms with Crippen LogP contribution in [0.25, 0.3) is 0 Å². The first-order valence-corrected chi connectivity index (χ1v) is 9.75. The fourth-order valence-electron chi connectivity index (χ4n) is 3.61. The van der Waals surface area contributed by atoms with Gasteiger partial charge in [-0.2, -0.15) is 0 Å². The van der Waals surface area contributed by atoms with Crippen molar-refractivity contribution in [1.82, 2.24) is 5.32 Å². The third-order valence-corrected chi connectivity index (χ3v) is 5.12. The summed E-state index contributed by atoms with van der Waals surface area (Å²) in [6.07, 6.45) is 3.63. The van der Waals surface area contributed by atoms with Gasteiger partial charge in [-0.25, -0.2) is 4.79 Å². The van der Waals surface area contributed by atoms with Crippen LogP contribution < -0.4 is 21.7 Å². The van der Waals surface area contributed by atoms with Gasteiger partial charge >= 0.3 is 6.03 Å². The van der Waals surface area contributed by atoms with Crippen molar-refractivity contribution in [2.75, 3.05) is 10.6 Å². The van der Waals surface area contributed by atoms with Gasteiger partial charge in [-0.15, -0.1) is 12.4 Å². The van der Waals surface area contributed by atoms with E-state index in [9.17, 15) is 9.59 Å². The third-order valence-electron chi connectivity index (χ3n) is 5.12. The average Bonchev–Trinajstić information content (AvgIpc) is 3.05. The highest BCUT2D eigenvalue weighted by molar-refractivity contribution is 5.99. The van der Waals surface area contributed by atoms with Crippen molar-refractivity contribution in [2.45, 2.75) is 45.2 Å². The Hall–Kier alpha value is -2.57. The maximum absolute atomic E-state index is 12.2. The minimum Gasteiger partial charge on any atom is -0.352 e. The summed E-state index contributed by atoms with van der Waals surface area (Å²) in [5, 5.41) is 8.59. The fraction of sp³-hybridized carbons (Fsp3) is 0.364. The number of rotatable bonds is 6. The van der Waals surface area contributed by atoms with E-state index in [1.807, 2.05) is 55.5 Å². The molecule has 0 aromatic heterocycles. The Balaban J connectivity index is 0.00000300. The number of anilines is 2. The summed E-state index contributed by atoms with van der Waals surface area (Å²) in [4.78, 5) is 24.4. The first-order valence-electron chi connectivity index (χ1n) is 9.75. The molecule has 0 unspecified atom stereocenters. The number of carbonyl (C=O) groups excluding carboxylic acids is 2. The smallest absolute Gasteiger partial charge is 0.323 e. The molecule has 2 aromatic rings. The molecule has 3 rings (SSSR count). The van der Waals surface area contributed by atoms with Crippen LogP contribution in [0.3, 0.4) is 0 Å². The van der Waals surface area contributed by atoms with E-state index in [-0.39, 0.29) is 30.4 Å². The lowest BCUT2D eigenvalue weighted by atomic mass is 10.00. The minimum absolute atomic E-state index is 0. The Kier molecular flexibility index (Phi) is 8.49. The predicted octanol–water partition coefficient (Wildman–Crippen LogP) is 4.19. The van der Waals surface area contributed by atoms with Crippen LogP contribution >= 0.6 is 12.4 Å². The SMILES string of the molecule is Cc1cccc(NC(=O)Nc2cccc(CNC(=O)C[C@@H]3CCC[C@H]3N)c2)c1.Cl. The molecule has 0 saturated heterocycles. The van der Waals surface area contributed by atoms with Crippen LogP contribution in [0, 0.1) is 12.8 Å². The Bertz CT molecular complexity index is 843. The second-order valence-electron chi connectivity index (χ2n) is 7.48. The summed E-state index contributed by atoms with van der Waals surface area (Å²) < 4.78 is 0. The number of urea groups is 1. The van der Waals surface area contributed by atoms with Crippen LogP contribution in [-0.2, 0) is 11.3 Å². The molecule has 3 amide bonds. The van der Waals surface area contributed by atoms with Crippen molar-refractivity contribution in [3.63, 3.8) is 0 Å². The quantitative estimate of drug-likeness (QED) is 0.568. The number of benzene rings is 2. The number of amides is 3. The maximum atomic E-state index is 12.2. The molecule has 29 heavy (non-hydrogen) atoms. The van der Waals surface area contributed by atoms with Gasteiger partial charge in [-0.1, -0.05) is 30.7 Å². The molecular formula is C22H29ClN4O2. The number of carbonyl (C=O) groups is 2. The van der Waals surface area contributed by atoms with E-state index in [4.69, 9.17) is 5.73 Å². The van der Waals surface area contributed by atoms with E-state index in [0.717, 1.165) is 36.1 Å². The summed E-state index contributed by atoms with van der Waals surface area (Å²) in [6.45, 7) is 2.40. The van der Waals surface area contributed by atoms with E-state index in [1.54, 1.807) is 0 Å². The van der Waals surface area contributed by atoms with Crippen LogP contribution in [0.5, 0.6) is 0 Å². The summed E-state index contributed by atoms with van der Waals surface area (Å²) in [5.41, 5.74) is 9.46. The van der Waals surface area contributed by atoms with Crippen LogP contribution in [0.2, 0.25) is 0 Å². The van der Waals surface area contributed by atoms with Crippen molar-refractivity contribution >= 4 is 35.7 Å². The van der Waals surface area contributed by atoms with Gasteiger partial charge in [0.05, 0.1) is 0 Å². The third kappa shape index (κ3) is 7.07. The van der Waals surface area contributed by atoms with E-state index < -0.39 is 0 Å². The number of nitrogens with one attached hydrogen (secondary N) is 3. The lowest BCUT2D eigenvalue weighted by Crippen LogP contribution is -2.31. The molecule has 2 aromatic carbocycles. The molecule has 0 radical (unpaired) electrons. The Morgan fingerprint density at radius 2 is 1.72 bits per heavy atom. The number of hydrogen-bond donors (Lipinski definition) is 4. The molecule has 2 atom stereocenters. The summed E-state index contributed by atoms with van der Waals surface area (Å²) in [6, 6.07) is 14.9. The number of nitrogens with two attached hydrogens (primary N) is 1. The standard InChI is InChI=1S/C22H28N4O2.ClH/c1-15-5-2-8-18(11-15)25-22(28)26-19-9-3-6-16(12-19)14-24-21(27)13-17-7-4-10-20(17)23;/h2-3,5-6,8-9,11-12,17,20H,4,7,10,13-14,23H2,1H3,(H,24,27)(H2,25,26,28);1H/t17-,20+;/m0./s1. The molecular weight excluding hydrogens is 388 g/mol.